The fraction of sp³-hybridized carbons (Fsp3) is 0.154. The van der Waals surface area contributed by atoms with Crippen LogP contribution < -0.4 is 0 Å². The van der Waals surface area contributed by atoms with E-state index in [0.717, 1.165) is 17.7 Å². The topological polar surface area (TPSA) is 70.5 Å². The molecule has 94 valence electrons. The molecule has 0 fully saturated rings. The molecule has 1 aromatic heterocycles. The summed E-state index contributed by atoms with van der Waals surface area (Å²) in [6.07, 6.45) is 6.74. The standard InChI is InChI=1S/C13H14N2O3/c1-2-8-15(12(16)5-6-13(17)18)10-11-4-3-7-14-9-11/h2-7,9H,1,8,10H2,(H,17,18)/b6-5+. The second kappa shape index (κ2) is 7.01. The molecule has 0 aliphatic rings. The van der Waals surface area contributed by atoms with Crippen molar-refractivity contribution in [3.8, 4) is 0 Å². The molecule has 0 saturated heterocycles. The van der Waals surface area contributed by atoms with Gasteiger partial charge in [-0.15, -0.1) is 6.58 Å². The molecule has 0 spiro atoms. The summed E-state index contributed by atoms with van der Waals surface area (Å²) in [5.41, 5.74) is 0.872. The molecule has 0 radical (unpaired) electrons. The minimum atomic E-state index is -1.15. The Hall–Kier alpha value is -2.43. The van der Waals surface area contributed by atoms with Gasteiger partial charge in [0.15, 0.2) is 0 Å². The summed E-state index contributed by atoms with van der Waals surface area (Å²) < 4.78 is 0. The Morgan fingerprint density at radius 1 is 1.44 bits per heavy atom. The number of pyridine rings is 1. The Bertz CT molecular complexity index is 455. The Morgan fingerprint density at radius 3 is 2.78 bits per heavy atom. The van der Waals surface area contributed by atoms with Crippen LogP contribution in [0.4, 0.5) is 0 Å². The lowest BCUT2D eigenvalue weighted by Crippen LogP contribution is -2.29. The Morgan fingerprint density at radius 2 is 2.22 bits per heavy atom. The van der Waals surface area contributed by atoms with Gasteiger partial charge in [-0.05, 0) is 11.6 Å². The zero-order valence-electron chi connectivity index (χ0n) is 9.82. The van der Waals surface area contributed by atoms with E-state index in [2.05, 4.69) is 11.6 Å². The van der Waals surface area contributed by atoms with Crippen LogP contribution in [0, 0.1) is 0 Å². The quantitative estimate of drug-likeness (QED) is 0.605. The van der Waals surface area contributed by atoms with Gasteiger partial charge in [-0.3, -0.25) is 9.78 Å². The maximum absolute atomic E-state index is 11.7. The van der Waals surface area contributed by atoms with Crippen molar-refractivity contribution in [3.05, 3.63) is 54.9 Å². The average molecular weight is 246 g/mol. The van der Waals surface area contributed by atoms with Crippen LogP contribution in [0.25, 0.3) is 0 Å². The van der Waals surface area contributed by atoms with E-state index < -0.39 is 5.97 Å². The first kappa shape index (κ1) is 13.6. The van der Waals surface area contributed by atoms with E-state index in [-0.39, 0.29) is 5.91 Å². The van der Waals surface area contributed by atoms with Crippen LogP contribution in [0.3, 0.4) is 0 Å². The van der Waals surface area contributed by atoms with Crippen molar-refractivity contribution in [3.63, 3.8) is 0 Å². The highest BCUT2D eigenvalue weighted by Crippen LogP contribution is 2.04. The predicted molar refractivity (Wildman–Crippen MR) is 66.6 cm³/mol. The van der Waals surface area contributed by atoms with Crippen molar-refractivity contribution >= 4 is 11.9 Å². The first-order chi connectivity index (χ1) is 8.63. The molecular formula is C13H14N2O3. The molecule has 5 heteroatoms. The summed E-state index contributed by atoms with van der Waals surface area (Å²) in [4.78, 5) is 27.5. The molecule has 18 heavy (non-hydrogen) atoms. The summed E-state index contributed by atoms with van der Waals surface area (Å²) in [7, 11) is 0. The monoisotopic (exact) mass is 246 g/mol. The minimum absolute atomic E-state index is 0.345. The highest BCUT2D eigenvalue weighted by atomic mass is 16.4. The van der Waals surface area contributed by atoms with Crippen molar-refractivity contribution in [1.29, 1.82) is 0 Å². The van der Waals surface area contributed by atoms with Crippen LogP contribution >= 0.6 is 0 Å². The van der Waals surface area contributed by atoms with Crippen LogP contribution in [0.15, 0.2) is 49.3 Å². The predicted octanol–water partition coefficient (Wildman–Crippen LogP) is 1.24. The van der Waals surface area contributed by atoms with E-state index in [1.807, 2.05) is 6.07 Å². The van der Waals surface area contributed by atoms with Crippen LogP contribution in [0.5, 0.6) is 0 Å². The molecule has 0 aliphatic carbocycles. The molecule has 1 heterocycles. The molecule has 0 aliphatic heterocycles. The Balaban J connectivity index is 2.73. The SMILES string of the molecule is C=CCN(Cc1cccnc1)C(=O)/C=C/C(=O)O. The summed E-state index contributed by atoms with van der Waals surface area (Å²) in [6, 6.07) is 3.62. The lowest BCUT2D eigenvalue weighted by molar-refractivity contribution is -0.132. The van der Waals surface area contributed by atoms with Crippen molar-refractivity contribution in [2.45, 2.75) is 6.54 Å². The minimum Gasteiger partial charge on any atom is -0.478 e. The molecule has 0 unspecified atom stereocenters. The molecule has 0 bridgehead atoms. The highest BCUT2D eigenvalue weighted by Gasteiger charge is 2.10. The number of hydrogen-bond donors (Lipinski definition) is 1. The molecule has 1 rings (SSSR count). The first-order valence-corrected chi connectivity index (χ1v) is 5.33. The molecule has 1 aromatic rings. The number of aromatic nitrogens is 1. The van der Waals surface area contributed by atoms with E-state index >= 15 is 0 Å². The Labute approximate surface area is 105 Å². The normalized spacial score (nSPS) is 10.2. The molecule has 1 N–H and O–H groups in total. The van der Waals surface area contributed by atoms with Crippen LogP contribution in [0.2, 0.25) is 0 Å². The second-order valence-electron chi connectivity index (χ2n) is 3.54. The highest BCUT2D eigenvalue weighted by molar-refractivity contribution is 5.93. The molecule has 5 nitrogen and oxygen atoms in total. The molecular weight excluding hydrogens is 232 g/mol. The maximum Gasteiger partial charge on any atom is 0.328 e. The van der Waals surface area contributed by atoms with Gasteiger partial charge in [0.05, 0.1) is 0 Å². The number of aliphatic carboxylic acids is 1. The fourth-order valence-electron chi connectivity index (χ4n) is 1.35. The maximum atomic E-state index is 11.7. The van der Waals surface area contributed by atoms with Crippen molar-refractivity contribution in [1.82, 2.24) is 9.88 Å². The van der Waals surface area contributed by atoms with E-state index in [1.165, 1.54) is 4.90 Å². The zero-order valence-corrected chi connectivity index (χ0v) is 9.82. The number of carbonyl (C=O) groups excluding carboxylic acids is 1. The smallest absolute Gasteiger partial charge is 0.328 e. The average Bonchev–Trinajstić information content (AvgIpc) is 2.36. The summed E-state index contributed by atoms with van der Waals surface area (Å²) >= 11 is 0. The van der Waals surface area contributed by atoms with Gasteiger partial charge in [0.1, 0.15) is 0 Å². The van der Waals surface area contributed by atoms with Crippen molar-refractivity contribution < 1.29 is 14.7 Å². The van der Waals surface area contributed by atoms with Gasteiger partial charge in [-0.1, -0.05) is 12.1 Å². The first-order valence-electron chi connectivity index (χ1n) is 5.33. The largest absolute Gasteiger partial charge is 0.478 e. The van der Waals surface area contributed by atoms with Gasteiger partial charge >= 0.3 is 5.97 Å². The van der Waals surface area contributed by atoms with Gasteiger partial charge in [0.25, 0.3) is 0 Å². The summed E-state index contributed by atoms with van der Waals surface area (Å²) in [6.45, 7) is 4.28. The third kappa shape index (κ3) is 4.61. The van der Waals surface area contributed by atoms with Crippen molar-refractivity contribution in [2.24, 2.45) is 0 Å². The van der Waals surface area contributed by atoms with Gasteiger partial charge in [-0.2, -0.15) is 0 Å². The lowest BCUT2D eigenvalue weighted by Gasteiger charge is -2.19. The third-order valence-corrected chi connectivity index (χ3v) is 2.13. The lowest BCUT2D eigenvalue weighted by atomic mass is 10.2. The number of hydrogen-bond acceptors (Lipinski definition) is 3. The van der Waals surface area contributed by atoms with Crippen molar-refractivity contribution in [2.75, 3.05) is 6.54 Å². The zero-order chi connectivity index (χ0) is 13.4. The number of rotatable bonds is 6. The fourth-order valence-corrected chi connectivity index (χ4v) is 1.35. The van der Waals surface area contributed by atoms with E-state index in [1.54, 1.807) is 24.5 Å². The van der Waals surface area contributed by atoms with E-state index in [0.29, 0.717) is 13.1 Å². The summed E-state index contributed by atoms with van der Waals surface area (Å²) in [5.74, 6) is -1.52. The van der Waals surface area contributed by atoms with Crippen LogP contribution in [-0.2, 0) is 16.1 Å². The van der Waals surface area contributed by atoms with Gasteiger partial charge in [-0.25, -0.2) is 4.79 Å². The number of carboxylic acid groups (broad SMARTS) is 1. The van der Waals surface area contributed by atoms with E-state index in [9.17, 15) is 9.59 Å². The molecule has 0 saturated carbocycles. The number of nitrogens with zero attached hydrogens (tertiary/aromatic N) is 2. The number of amides is 1. The van der Waals surface area contributed by atoms with E-state index in [4.69, 9.17) is 5.11 Å². The summed E-state index contributed by atoms with van der Waals surface area (Å²) in [5, 5.41) is 8.48. The Kier molecular flexibility index (Phi) is 5.31. The molecule has 1 amide bonds. The third-order valence-electron chi connectivity index (χ3n) is 2.13. The second-order valence-corrected chi connectivity index (χ2v) is 3.54. The number of carboxylic acids is 1. The van der Waals surface area contributed by atoms with Crippen LogP contribution in [0.1, 0.15) is 5.56 Å². The molecule has 0 aromatic carbocycles. The molecule has 0 atom stereocenters. The van der Waals surface area contributed by atoms with Crippen LogP contribution in [-0.4, -0.2) is 33.4 Å². The number of carbonyl (C=O) groups is 2. The van der Waals surface area contributed by atoms with Gasteiger partial charge in [0.2, 0.25) is 5.91 Å². The van der Waals surface area contributed by atoms with Gasteiger partial charge in [0, 0.05) is 37.6 Å². The van der Waals surface area contributed by atoms with Gasteiger partial charge < -0.3 is 10.0 Å².